The maximum Gasteiger partial charge on any atom is 0.225 e. The molecule has 4 rings (SSSR count). The maximum absolute atomic E-state index is 12.9. The van der Waals surface area contributed by atoms with Gasteiger partial charge in [-0.3, -0.25) is 26.1 Å². The zero-order valence-corrected chi connectivity index (χ0v) is 20.1. The van der Waals surface area contributed by atoms with Gasteiger partial charge in [-0.15, -0.1) is 11.8 Å². The molecule has 1 amide bonds. The summed E-state index contributed by atoms with van der Waals surface area (Å²) in [5.74, 6) is 1.46. The molecule has 4 fully saturated rings. The molecule has 0 spiro atoms. The third kappa shape index (κ3) is 6.34. The van der Waals surface area contributed by atoms with Crippen LogP contribution in [-0.4, -0.2) is 74.4 Å². The molecule has 0 bridgehead atoms. The monoisotopic (exact) mass is 454 g/mol. The van der Waals surface area contributed by atoms with Gasteiger partial charge in [0, 0.05) is 43.5 Å². The number of methoxy groups -OCH3 is 1. The third-order valence-electron chi connectivity index (χ3n) is 7.61. The molecule has 0 aromatic carbocycles. The normalized spacial score (nSPS) is 44.2. The lowest BCUT2D eigenvalue weighted by Crippen LogP contribution is -2.66. The molecule has 9 unspecified atom stereocenters. The lowest BCUT2D eigenvalue weighted by atomic mass is 9.78. The van der Waals surface area contributed by atoms with Crippen LogP contribution in [0.2, 0.25) is 0 Å². The average molecular weight is 455 g/mol. The van der Waals surface area contributed by atoms with Gasteiger partial charge in [0.25, 0.3) is 0 Å². The minimum absolute atomic E-state index is 0.0655. The van der Waals surface area contributed by atoms with E-state index in [2.05, 4.69) is 45.7 Å². The summed E-state index contributed by atoms with van der Waals surface area (Å²) in [6, 6.07) is 0.821. The van der Waals surface area contributed by atoms with E-state index in [1.54, 1.807) is 0 Å². The largest absolute Gasteiger partial charge is 0.380 e. The molecule has 9 heteroatoms. The van der Waals surface area contributed by atoms with E-state index in [4.69, 9.17) is 4.74 Å². The Labute approximate surface area is 191 Å². The summed E-state index contributed by atoms with van der Waals surface area (Å²) < 4.78 is 5.60. The first-order valence-corrected chi connectivity index (χ1v) is 13.1. The number of amides is 1. The summed E-state index contributed by atoms with van der Waals surface area (Å²) in [5, 5.41) is 21.9. The highest BCUT2D eigenvalue weighted by atomic mass is 32.2. The van der Waals surface area contributed by atoms with Crippen molar-refractivity contribution in [1.82, 2.24) is 31.9 Å². The number of ether oxygens (including phenoxy) is 1. The molecule has 3 aliphatic heterocycles. The number of thioether (sulfide) groups is 1. The number of hydrogen-bond acceptors (Lipinski definition) is 8. The van der Waals surface area contributed by atoms with Crippen LogP contribution in [0.4, 0.5) is 0 Å². The first kappa shape index (κ1) is 23.7. The lowest BCUT2D eigenvalue weighted by molar-refractivity contribution is -0.126. The second kappa shape index (κ2) is 11.1. The summed E-state index contributed by atoms with van der Waals surface area (Å²) in [7, 11) is 1.81. The zero-order valence-electron chi connectivity index (χ0n) is 19.3. The second-order valence-electron chi connectivity index (χ2n) is 9.96. The first-order chi connectivity index (χ1) is 15.0. The van der Waals surface area contributed by atoms with Crippen molar-refractivity contribution in [3.8, 4) is 0 Å². The van der Waals surface area contributed by atoms with Crippen molar-refractivity contribution in [1.29, 1.82) is 0 Å². The number of piperidine rings is 1. The molecular formula is C22H42N6O2S. The minimum Gasteiger partial charge on any atom is -0.380 e. The quantitative estimate of drug-likeness (QED) is 0.343. The van der Waals surface area contributed by atoms with Crippen LogP contribution in [0.15, 0.2) is 0 Å². The van der Waals surface area contributed by atoms with Gasteiger partial charge in [0.05, 0.1) is 6.10 Å². The van der Waals surface area contributed by atoms with Gasteiger partial charge in [-0.2, -0.15) is 0 Å². The second-order valence-corrected chi connectivity index (χ2v) is 11.5. The van der Waals surface area contributed by atoms with Gasteiger partial charge in [0.1, 0.15) is 11.8 Å². The van der Waals surface area contributed by atoms with Crippen LogP contribution in [0.25, 0.3) is 0 Å². The predicted molar refractivity (Wildman–Crippen MR) is 126 cm³/mol. The Morgan fingerprint density at radius 3 is 2.71 bits per heavy atom. The molecule has 1 saturated carbocycles. The van der Waals surface area contributed by atoms with Crippen molar-refractivity contribution in [2.24, 2.45) is 17.8 Å². The Bertz CT molecular complexity index is 598. The smallest absolute Gasteiger partial charge is 0.225 e. The van der Waals surface area contributed by atoms with Crippen LogP contribution >= 0.6 is 11.8 Å². The number of rotatable bonds is 6. The highest BCUT2D eigenvalue weighted by Crippen LogP contribution is 2.30. The molecule has 8 nitrogen and oxygen atoms in total. The van der Waals surface area contributed by atoms with Crippen LogP contribution in [0.1, 0.15) is 46.0 Å². The standard InChI is InChI=1S/C22H42N6O2S/c1-13-4-5-15(20(29)28-22-25-10-14(2)31-22)9-19(13)27-21-24-7-6-18(26-21)16-8-17(30-3)12-23-11-16/h13-19,21-27H,4-12H2,1-3H3,(H,28,29). The van der Waals surface area contributed by atoms with Crippen molar-refractivity contribution in [2.45, 2.75) is 81.2 Å². The molecule has 3 heterocycles. The molecule has 0 radical (unpaired) electrons. The summed E-state index contributed by atoms with van der Waals surface area (Å²) in [4.78, 5) is 12.9. The van der Waals surface area contributed by atoms with Crippen molar-refractivity contribution < 1.29 is 9.53 Å². The minimum atomic E-state index is 0.0655. The molecule has 178 valence electrons. The topological polar surface area (TPSA) is 98.5 Å². The van der Waals surface area contributed by atoms with Crippen molar-refractivity contribution >= 4 is 17.7 Å². The third-order valence-corrected chi connectivity index (χ3v) is 8.80. The molecular weight excluding hydrogens is 412 g/mol. The zero-order chi connectivity index (χ0) is 21.8. The molecule has 3 saturated heterocycles. The van der Waals surface area contributed by atoms with E-state index in [9.17, 15) is 4.79 Å². The number of carbonyl (C=O) groups excluding carboxylic acids is 1. The van der Waals surface area contributed by atoms with Gasteiger partial charge in [-0.05, 0) is 57.0 Å². The van der Waals surface area contributed by atoms with Crippen LogP contribution in [0.3, 0.4) is 0 Å². The highest BCUT2D eigenvalue weighted by Gasteiger charge is 2.36. The molecule has 4 aliphatic rings. The summed E-state index contributed by atoms with van der Waals surface area (Å²) in [6.07, 6.45) is 5.65. The van der Waals surface area contributed by atoms with Gasteiger partial charge in [-0.1, -0.05) is 13.8 Å². The van der Waals surface area contributed by atoms with Gasteiger partial charge in [0.15, 0.2) is 0 Å². The summed E-state index contributed by atoms with van der Waals surface area (Å²) >= 11 is 1.81. The van der Waals surface area contributed by atoms with Crippen LogP contribution in [0.5, 0.6) is 0 Å². The maximum atomic E-state index is 12.9. The van der Waals surface area contributed by atoms with Gasteiger partial charge < -0.3 is 15.4 Å². The Morgan fingerprint density at radius 2 is 1.94 bits per heavy atom. The average Bonchev–Trinajstić information content (AvgIpc) is 3.20. The Kier molecular flexibility index (Phi) is 8.52. The van der Waals surface area contributed by atoms with Crippen molar-refractivity contribution in [3.05, 3.63) is 0 Å². The molecule has 31 heavy (non-hydrogen) atoms. The Balaban J connectivity index is 1.27. The fourth-order valence-electron chi connectivity index (χ4n) is 5.58. The molecule has 1 aliphatic carbocycles. The van der Waals surface area contributed by atoms with E-state index < -0.39 is 0 Å². The van der Waals surface area contributed by atoms with Gasteiger partial charge >= 0.3 is 0 Å². The van der Waals surface area contributed by atoms with Gasteiger partial charge in [-0.25, -0.2) is 0 Å². The van der Waals surface area contributed by atoms with E-state index in [0.29, 0.717) is 35.3 Å². The molecule has 0 aromatic heterocycles. The fourth-order valence-corrected chi connectivity index (χ4v) is 6.61. The van der Waals surface area contributed by atoms with Crippen LogP contribution in [0, 0.1) is 17.8 Å². The summed E-state index contributed by atoms with van der Waals surface area (Å²) in [5.41, 5.74) is 0.0655. The van der Waals surface area contributed by atoms with Crippen LogP contribution < -0.4 is 31.9 Å². The van der Waals surface area contributed by atoms with Crippen molar-refractivity contribution in [3.63, 3.8) is 0 Å². The van der Waals surface area contributed by atoms with E-state index in [0.717, 1.165) is 58.3 Å². The predicted octanol–water partition coefficient (Wildman–Crippen LogP) is 0.365. The van der Waals surface area contributed by atoms with E-state index in [-0.39, 0.29) is 23.6 Å². The fraction of sp³-hybridized carbons (Fsp3) is 0.955. The summed E-state index contributed by atoms with van der Waals surface area (Å²) in [6.45, 7) is 8.49. The Hall–Kier alpha value is -0.420. The molecule has 6 N–H and O–H groups in total. The first-order valence-electron chi connectivity index (χ1n) is 12.2. The van der Waals surface area contributed by atoms with Crippen LogP contribution in [-0.2, 0) is 9.53 Å². The molecule has 0 aromatic rings. The number of nitrogens with one attached hydrogen (secondary N) is 6. The van der Waals surface area contributed by atoms with E-state index in [1.165, 1.54) is 0 Å². The van der Waals surface area contributed by atoms with Gasteiger partial charge in [0.2, 0.25) is 5.91 Å². The van der Waals surface area contributed by atoms with E-state index in [1.807, 2.05) is 18.9 Å². The SMILES string of the molecule is COC1CNCC(C2CCNC(NC3CC(C(=O)NC4NCC(C)S4)CCC3C)N2)C1. The van der Waals surface area contributed by atoms with E-state index >= 15 is 0 Å². The lowest BCUT2D eigenvalue weighted by Gasteiger charge is -2.43. The Morgan fingerprint density at radius 1 is 1.06 bits per heavy atom. The highest BCUT2D eigenvalue weighted by molar-refractivity contribution is 8.00. The molecule has 9 atom stereocenters. The number of hydrogen-bond donors (Lipinski definition) is 6. The number of carbonyl (C=O) groups is 1. The van der Waals surface area contributed by atoms with Crippen molar-refractivity contribution in [2.75, 3.05) is 33.3 Å².